The van der Waals surface area contributed by atoms with Crippen molar-refractivity contribution < 1.29 is 64.7 Å². The number of ether oxygens (including phenoxy) is 3. The van der Waals surface area contributed by atoms with Gasteiger partial charge in [0.15, 0.2) is 41.0 Å². The van der Waals surface area contributed by atoms with Gasteiger partial charge >= 0.3 is 11.9 Å². The van der Waals surface area contributed by atoms with Crippen LogP contribution in [0.25, 0.3) is 6.08 Å². The molecule has 0 unspecified atom stereocenters. The summed E-state index contributed by atoms with van der Waals surface area (Å²) in [6.07, 6.45) is -6.56. The van der Waals surface area contributed by atoms with Crippen molar-refractivity contribution in [3.63, 3.8) is 0 Å². The smallest absolute Gasteiger partial charge is 0.338 e. The summed E-state index contributed by atoms with van der Waals surface area (Å²) in [6.45, 7) is -0.806. The average molecular weight is 494 g/mol. The molecule has 0 saturated carbocycles. The van der Waals surface area contributed by atoms with Crippen LogP contribution in [0.4, 0.5) is 0 Å². The van der Waals surface area contributed by atoms with Gasteiger partial charge in [0.1, 0.15) is 12.2 Å². The average Bonchev–Trinajstić information content (AvgIpc) is 2.82. The molecule has 5 atom stereocenters. The second kappa shape index (κ2) is 10.5. The van der Waals surface area contributed by atoms with Gasteiger partial charge in [-0.05, 0) is 35.9 Å². The minimum absolute atomic E-state index is 0.318. The number of phenolic OH excluding ortho intramolecular Hbond substituents is 5. The van der Waals surface area contributed by atoms with Gasteiger partial charge in [-0.3, -0.25) is 0 Å². The van der Waals surface area contributed by atoms with Gasteiger partial charge in [-0.1, -0.05) is 6.07 Å². The second-order valence-electron chi connectivity index (χ2n) is 7.46. The minimum atomic E-state index is -1.92. The molecule has 0 aliphatic carbocycles. The number of aromatic hydroxyl groups is 5. The fourth-order valence-corrected chi connectivity index (χ4v) is 3.17. The van der Waals surface area contributed by atoms with Gasteiger partial charge in [-0.2, -0.15) is 0 Å². The highest BCUT2D eigenvalue weighted by atomic mass is 16.7. The number of aliphatic hydroxyl groups is 3. The van der Waals surface area contributed by atoms with E-state index in [9.17, 15) is 50.4 Å². The van der Waals surface area contributed by atoms with Crippen LogP contribution in [0.1, 0.15) is 15.9 Å². The summed E-state index contributed by atoms with van der Waals surface area (Å²) < 4.78 is 15.2. The van der Waals surface area contributed by atoms with Crippen LogP contribution in [-0.4, -0.2) is 90.1 Å². The third-order valence-corrected chi connectivity index (χ3v) is 5.01. The maximum Gasteiger partial charge on any atom is 0.338 e. The summed E-state index contributed by atoms with van der Waals surface area (Å²) >= 11 is 0. The number of carbonyl (C=O) groups excluding carboxylic acids is 2. The Bertz CT molecular complexity index is 1110. The Morgan fingerprint density at radius 1 is 0.886 bits per heavy atom. The number of hydrogen-bond acceptors (Lipinski definition) is 13. The fraction of sp³-hybridized carbons (Fsp3) is 0.273. The number of carbonyl (C=O) groups is 2. The van der Waals surface area contributed by atoms with Gasteiger partial charge < -0.3 is 55.1 Å². The maximum absolute atomic E-state index is 12.4. The van der Waals surface area contributed by atoms with E-state index < -0.39 is 77.8 Å². The number of phenols is 5. The lowest BCUT2D eigenvalue weighted by Crippen LogP contribution is -2.60. The van der Waals surface area contributed by atoms with Crippen molar-refractivity contribution in [2.45, 2.75) is 30.7 Å². The van der Waals surface area contributed by atoms with E-state index in [2.05, 4.69) is 0 Å². The first-order valence-corrected chi connectivity index (χ1v) is 10.0. The molecular formula is C22H22O13. The van der Waals surface area contributed by atoms with Crippen molar-refractivity contribution in [3.8, 4) is 28.7 Å². The quantitative estimate of drug-likeness (QED) is 0.143. The predicted molar refractivity (Wildman–Crippen MR) is 113 cm³/mol. The molecule has 2 aromatic rings. The maximum atomic E-state index is 12.4. The zero-order valence-electron chi connectivity index (χ0n) is 17.8. The first kappa shape index (κ1) is 25.6. The van der Waals surface area contributed by atoms with Crippen LogP contribution in [0.15, 0.2) is 36.4 Å². The van der Waals surface area contributed by atoms with Crippen LogP contribution >= 0.6 is 0 Å². The molecule has 0 spiro atoms. The normalized spacial score (nSPS) is 24.3. The van der Waals surface area contributed by atoms with Gasteiger partial charge in [0.25, 0.3) is 0 Å². The minimum Gasteiger partial charge on any atom is -0.504 e. The molecule has 1 fully saturated rings. The summed E-state index contributed by atoms with van der Waals surface area (Å²) in [6, 6.07) is 5.27. The van der Waals surface area contributed by atoms with Crippen LogP contribution in [0.3, 0.4) is 0 Å². The van der Waals surface area contributed by atoms with Crippen molar-refractivity contribution in [2.24, 2.45) is 0 Å². The highest BCUT2D eigenvalue weighted by Gasteiger charge is 2.48. The third-order valence-electron chi connectivity index (χ3n) is 5.01. The monoisotopic (exact) mass is 494 g/mol. The molecular weight excluding hydrogens is 472 g/mol. The molecule has 13 nitrogen and oxygen atoms in total. The number of benzene rings is 2. The topological polar surface area (TPSA) is 224 Å². The van der Waals surface area contributed by atoms with E-state index in [1.54, 1.807) is 0 Å². The SMILES string of the molecule is O=C(C=Cc1ccc(O)c(O)c1)O[C@@H]1O[C@H](CO)[C@@H](O)[C@H](OC(=O)c2cc(O)c(O)c(O)c2)[C@H]1O. The van der Waals surface area contributed by atoms with E-state index >= 15 is 0 Å². The van der Waals surface area contributed by atoms with Crippen LogP contribution in [-0.2, 0) is 19.0 Å². The molecule has 1 saturated heterocycles. The Kier molecular flexibility index (Phi) is 7.66. The summed E-state index contributed by atoms with van der Waals surface area (Å²) in [7, 11) is 0. The molecule has 0 amide bonds. The van der Waals surface area contributed by atoms with Crippen LogP contribution in [0.5, 0.6) is 28.7 Å². The van der Waals surface area contributed by atoms with Crippen LogP contribution in [0.2, 0.25) is 0 Å². The summed E-state index contributed by atoms with van der Waals surface area (Å²) in [4.78, 5) is 24.6. The molecule has 8 N–H and O–H groups in total. The van der Waals surface area contributed by atoms with E-state index in [1.165, 1.54) is 18.2 Å². The van der Waals surface area contributed by atoms with E-state index in [0.29, 0.717) is 5.56 Å². The Balaban J connectivity index is 1.73. The first-order chi connectivity index (χ1) is 16.5. The molecule has 1 heterocycles. The first-order valence-electron chi connectivity index (χ1n) is 10.0. The molecule has 13 heteroatoms. The zero-order chi connectivity index (χ0) is 25.9. The van der Waals surface area contributed by atoms with Crippen LogP contribution < -0.4 is 0 Å². The van der Waals surface area contributed by atoms with E-state index in [-0.39, 0.29) is 5.75 Å². The Morgan fingerprint density at radius 3 is 2.14 bits per heavy atom. The van der Waals surface area contributed by atoms with Crippen LogP contribution in [0, 0.1) is 0 Å². The number of aliphatic hydroxyl groups excluding tert-OH is 3. The van der Waals surface area contributed by atoms with Crippen molar-refractivity contribution in [1.29, 1.82) is 0 Å². The van der Waals surface area contributed by atoms with Crippen molar-refractivity contribution in [2.75, 3.05) is 6.61 Å². The highest BCUT2D eigenvalue weighted by Crippen LogP contribution is 2.36. The van der Waals surface area contributed by atoms with E-state index in [4.69, 9.17) is 14.2 Å². The van der Waals surface area contributed by atoms with E-state index in [0.717, 1.165) is 24.3 Å². The molecule has 35 heavy (non-hydrogen) atoms. The van der Waals surface area contributed by atoms with Crippen molar-refractivity contribution >= 4 is 18.0 Å². The Labute approximate surface area is 196 Å². The molecule has 188 valence electrons. The zero-order valence-corrected chi connectivity index (χ0v) is 17.8. The molecule has 0 bridgehead atoms. The molecule has 0 radical (unpaired) electrons. The lowest BCUT2D eigenvalue weighted by molar-refractivity contribution is -0.290. The summed E-state index contributed by atoms with van der Waals surface area (Å²) in [5, 5.41) is 77.6. The van der Waals surface area contributed by atoms with E-state index in [1.807, 2.05) is 0 Å². The lowest BCUT2D eigenvalue weighted by atomic mass is 9.99. The molecule has 0 aromatic heterocycles. The van der Waals surface area contributed by atoms with Crippen molar-refractivity contribution in [1.82, 2.24) is 0 Å². The third kappa shape index (κ3) is 5.73. The number of rotatable bonds is 6. The lowest BCUT2D eigenvalue weighted by Gasteiger charge is -2.40. The number of hydrogen-bond donors (Lipinski definition) is 8. The largest absolute Gasteiger partial charge is 0.504 e. The second-order valence-corrected chi connectivity index (χ2v) is 7.46. The summed E-state index contributed by atoms with van der Waals surface area (Å²) in [5.74, 6) is -5.63. The standard InChI is InChI=1S/C22H22O13/c23-8-15-18(30)20(35-21(32)10-6-13(26)17(29)14(27)7-10)19(31)22(33-15)34-16(28)4-2-9-1-3-11(24)12(25)5-9/h1-7,15,18-20,22-27,29-31H,8H2/t15-,18-,19-,20+,22+/m1/s1. The van der Waals surface area contributed by atoms with Gasteiger partial charge in [-0.15, -0.1) is 0 Å². The fourth-order valence-electron chi connectivity index (χ4n) is 3.17. The van der Waals surface area contributed by atoms with Gasteiger partial charge in [0, 0.05) is 6.08 Å². The Hall–Kier alpha value is -4.04. The molecule has 1 aliphatic rings. The van der Waals surface area contributed by atoms with Gasteiger partial charge in [0.05, 0.1) is 12.2 Å². The van der Waals surface area contributed by atoms with Gasteiger partial charge in [0.2, 0.25) is 6.29 Å². The molecule has 3 rings (SSSR count). The summed E-state index contributed by atoms with van der Waals surface area (Å²) in [5.41, 5.74) is -0.129. The van der Waals surface area contributed by atoms with Gasteiger partial charge in [-0.25, -0.2) is 9.59 Å². The Morgan fingerprint density at radius 2 is 1.54 bits per heavy atom. The highest BCUT2D eigenvalue weighted by molar-refractivity contribution is 5.91. The molecule has 1 aliphatic heterocycles. The van der Waals surface area contributed by atoms with Crippen molar-refractivity contribution in [3.05, 3.63) is 47.5 Å². The predicted octanol–water partition coefficient (Wildman–Crippen LogP) is -0.564. The molecule has 2 aromatic carbocycles. The number of esters is 2.